The minimum Gasteiger partial charge on any atom is -0.493 e. The summed E-state index contributed by atoms with van der Waals surface area (Å²) in [6.07, 6.45) is 0.840. The maximum Gasteiger partial charge on any atom is 0.339 e. The Balaban J connectivity index is 2.70. The molecule has 3 N–H and O–H groups in total. The number of benzene rings is 1. The van der Waals surface area contributed by atoms with E-state index in [9.17, 15) is 9.90 Å². The summed E-state index contributed by atoms with van der Waals surface area (Å²) in [6.45, 7) is 4.11. The molecule has 116 valence electrons. The molecule has 1 aromatic carbocycles. The number of carboxylic acids is 1. The number of nitrogen functional groups attached to an aromatic ring is 1. The Morgan fingerprint density at radius 1 is 1.41 bits per heavy atom. The van der Waals surface area contributed by atoms with Crippen LogP contribution in [0.3, 0.4) is 0 Å². The third-order valence-electron chi connectivity index (χ3n) is 2.98. The maximum atomic E-state index is 11.6. The van der Waals surface area contributed by atoms with Gasteiger partial charge in [0.2, 0.25) is 5.95 Å². The molecule has 7 heteroatoms. The van der Waals surface area contributed by atoms with E-state index in [1.54, 1.807) is 19.1 Å². The first kappa shape index (κ1) is 16.2. The summed E-state index contributed by atoms with van der Waals surface area (Å²) in [7, 11) is 0. The fraction of sp³-hybridized carbons (Fsp3) is 0.267. The molecule has 0 atom stereocenters. The van der Waals surface area contributed by atoms with Crippen LogP contribution in [0.1, 0.15) is 29.4 Å². The molecule has 2 aromatic rings. The lowest BCUT2D eigenvalue weighted by atomic mass is 10.0. The van der Waals surface area contributed by atoms with Crippen LogP contribution in [0.25, 0.3) is 11.3 Å². The Bertz CT molecular complexity index is 719. The Hall–Kier alpha value is -2.15. The minimum absolute atomic E-state index is 0.0219. The Morgan fingerprint density at radius 2 is 2.14 bits per heavy atom. The zero-order valence-corrected chi connectivity index (χ0v) is 13.8. The van der Waals surface area contributed by atoms with E-state index in [-0.39, 0.29) is 17.2 Å². The van der Waals surface area contributed by atoms with E-state index >= 15 is 0 Å². The summed E-state index contributed by atoms with van der Waals surface area (Å²) < 4.78 is 6.48. The smallest absolute Gasteiger partial charge is 0.339 e. The van der Waals surface area contributed by atoms with E-state index in [0.29, 0.717) is 23.6 Å². The quantitative estimate of drug-likeness (QED) is 0.843. The molecular formula is C15H16BrN3O3. The first-order valence-corrected chi connectivity index (χ1v) is 7.53. The van der Waals surface area contributed by atoms with Crippen molar-refractivity contribution in [3.8, 4) is 17.0 Å². The van der Waals surface area contributed by atoms with Gasteiger partial charge in [-0.2, -0.15) is 0 Å². The van der Waals surface area contributed by atoms with Crippen LogP contribution in [0.5, 0.6) is 5.75 Å². The van der Waals surface area contributed by atoms with Gasteiger partial charge in [-0.3, -0.25) is 0 Å². The normalized spacial score (nSPS) is 10.5. The molecule has 1 aromatic heterocycles. The van der Waals surface area contributed by atoms with Crippen molar-refractivity contribution >= 4 is 27.8 Å². The third kappa shape index (κ3) is 3.36. The monoisotopic (exact) mass is 365 g/mol. The summed E-state index contributed by atoms with van der Waals surface area (Å²) in [5, 5.41) is 9.46. The van der Waals surface area contributed by atoms with Crippen LogP contribution in [0, 0.1) is 6.92 Å². The molecule has 1 heterocycles. The fourth-order valence-electron chi connectivity index (χ4n) is 2.07. The predicted octanol–water partition coefficient (Wildman–Crippen LogP) is 3.28. The van der Waals surface area contributed by atoms with Gasteiger partial charge in [-0.25, -0.2) is 14.8 Å². The molecular weight excluding hydrogens is 350 g/mol. The van der Waals surface area contributed by atoms with Crippen molar-refractivity contribution in [2.45, 2.75) is 20.3 Å². The number of carboxylic acid groups (broad SMARTS) is 1. The topological polar surface area (TPSA) is 98.3 Å². The number of nitrogens with zero attached hydrogens (tertiary/aromatic N) is 2. The SMILES string of the molecule is CCCOc1ccc(Br)cc1-c1nc(N)nc(C)c1C(=O)O. The van der Waals surface area contributed by atoms with Crippen LogP contribution < -0.4 is 10.5 Å². The van der Waals surface area contributed by atoms with E-state index in [1.165, 1.54) is 0 Å². The average molecular weight is 366 g/mol. The number of aromatic carboxylic acids is 1. The van der Waals surface area contributed by atoms with Crippen molar-refractivity contribution < 1.29 is 14.6 Å². The second-order valence-electron chi connectivity index (χ2n) is 4.68. The van der Waals surface area contributed by atoms with Crippen LogP contribution in [0.2, 0.25) is 0 Å². The third-order valence-corrected chi connectivity index (χ3v) is 3.47. The van der Waals surface area contributed by atoms with Crippen LogP contribution in [0.15, 0.2) is 22.7 Å². The molecule has 0 aliphatic carbocycles. The fourth-order valence-corrected chi connectivity index (χ4v) is 2.43. The number of aromatic nitrogens is 2. The molecule has 0 amide bonds. The summed E-state index contributed by atoms with van der Waals surface area (Å²) in [5.41, 5.74) is 6.85. The lowest BCUT2D eigenvalue weighted by molar-refractivity contribution is 0.0696. The highest BCUT2D eigenvalue weighted by Crippen LogP contribution is 2.34. The van der Waals surface area contributed by atoms with Crippen LogP contribution in [-0.4, -0.2) is 27.7 Å². The molecule has 22 heavy (non-hydrogen) atoms. The van der Waals surface area contributed by atoms with E-state index < -0.39 is 5.97 Å². The highest BCUT2D eigenvalue weighted by atomic mass is 79.9. The maximum absolute atomic E-state index is 11.6. The van der Waals surface area contributed by atoms with Gasteiger partial charge in [0, 0.05) is 10.0 Å². The van der Waals surface area contributed by atoms with E-state index in [2.05, 4.69) is 25.9 Å². The Morgan fingerprint density at radius 3 is 2.77 bits per heavy atom. The zero-order chi connectivity index (χ0) is 16.3. The molecule has 0 fully saturated rings. The number of aryl methyl sites for hydroxylation is 1. The van der Waals surface area contributed by atoms with Gasteiger partial charge in [-0.1, -0.05) is 22.9 Å². The van der Waals surface area contributed by atoms with Gasteiger partial charge < -0.3 is 15.6 Å². The van der Waals surface area contributed by atoms with Gasteiger partial charge in [0.05, 0.1) is 18.0 Å². The van der Waals surface area contributed by atoms with Crippen molar-refractivity contribution in [1.29, 1.82) is 0 Å². The van der Waals surface area contributed by atoms with Gasteiger partial charge in [-0.15, -0.1) is 0 Å². The Labute approximate surface area is 136 Å². The molecule has 0 aliphatic rings. The lowest BCUT2D eigenvalue weighted by Crippen LogP contribution is -2.10. The summed E-state index contributed by atoms with van der Waals surface area (Å²) in [4.78, 5) is 19.6. The Kier molecular flexibility index (Phi) is 4.97. The molecule has 0 bridgehead atoms. The highest BCUT2D eigenvalue weighted by molar-refractivity contribution is 9.10. The molecule has 0 spiro atoms. The van der Waals surface area contributed by atoms with Gasteiger partial charge in [0.25, 0.3) is 0 Å². The standard InChI is InChI=1S/C15H16BrN3O3/c1-3-6-22-11-5-4-9(16)7-10(11)13-12(14(20)21)8(2)18-15(17)19-13/h4-5,7H,3,6H2,1-2H3,(H,20,21)(H2,17,18,19). The second-order valence-corrected chi connectivity index (χ2v) is 5.60. The number of halogens is 1. The predicted molar refractivity (Wildman–Crippen MR) is 87.1 cm³/mol. The van der Waals surface area contributed by atoms with Gasteiger partial charge in [0.1, 0.15) is 11.3 Å². The van der Waals surface area contributed by atoms with Crippen molar-refractivity contribution in [2.75, 3.05) is 12.3 Å². The van der Waals surface area contributed by atoms with Crippen molar-refractivity contribution in [3.63, 3.8) is 0 Å². The van der Waals surface area contributed by atoms with Gasteiger partial charge in [0.15, 0.2) is 0 Å². The van der Waals surface area contributed by atoms with E-state index in [4.69, 9.17) is 10.5 Å². The molecule has 0 saturated carbocycles. The second kappa shape index (κ2) is 6.74. The van der Waals surface area contributed by atoms with Crippen molar-refractivity contribution in [2.24, 2.45) is 0 Å². The van der Waals surface area contributed by atoms with Crippen molar-refractivity contribution in [3.05, 3.63) is 33.9 Å². The van der Waals surface area contributed by atoms with Crippen LogP contribution in [0.4, 0.5) is 5.95 Å². The average Bonchev–Trinajstić information content (AvgIpc) is 2.44. The first-order valence-electron chi connectivity index (χ1n) is 6.74. The summed E-state index contributed by atoms with van der Waals surface area (Å²) >= 11 is 3.38. The number of nitrogens with two attached hydrogens (primary N) is 1. The minimum atomic E-state index is -1.10. The lowest BCUT2D eigenvalue weighted by Gasteiger charge is -2.14. The molecule has 0 unspecified atom stereocenters. The van der Waals surface area contributed by atoms with E-state index in [0.717, 1.165) is 10.9 Å². The number of ether oxygens (including phenoxy) is 1. The zero-order valence-electron chi connectivity index (χ0n) is 12.3. The van der Waals surface area contributed by atoms with Gasteiger partial charge in [-0.05, 0) is 31.5 Å². The number of carbonyl (C=O) groups is 1. The molecule has 0 saturated heterocycles. The number of rotatable bonds is 5. The number of anilines is 1. The highest BCUT2D eigenvalue weighted by Gasteiger charge is 2.21. The molecule has 0 aliphatic heterocycles. The molecule has 6 nitrogen and oxygen atoms in total. The van der Waals surface area contributed by atoms with Crippen LogP contribution in [-0.2, 0) is 0 Å². The molecule has 2 rings (SSSR count). The van der Waals surface area contributed by atoms with E-state index in [1.807, 2.05) is 13.0 Å². The largest absolute Gasteiger partial charge is 0.493 e. The number of hydrogen-bond donors (Lipinski definition) is 2. The van der Waals surface area contributed by atoms with Crippen LogP contribution >= 0.6 is 15.9 Å². The molecule has 0 radical (unpaired) electrons. The van der Waals surface area contributed by atoms with Gasteiger partial charge >= 0.3 is 5.97 Å². The first-order chi connectivity index (χ1) is 10.4. The summed E-state index contributed by atoms with van der Waals surface area (Å²) in [6, 6.07) is 5.36. The van der Waals surface area contributed by atoms with Crippen molar-refractivity contribution in [1.82, 2.24) is 9.97 Å². The summed E-state index contributed by atoms with van der Waals surface area (Å²) in [5.74, 6) is -0.516. The number of hydrogen-bond acceptors (Lipinski definition) is 5.